The van der Waals surface area contributed by atoms with Gasteiger partial charge in [0.05, 0.1) is 0 Å². The summed E-state index contributed by atoms with van der Waals surface area (Å²) in [6, 6.07) is 0. The summed E-state index contributed by atoms with van der Waals surface area (Å²) in [5.41, 5.74) is 0. The van der Waals surface area contributed by atoms with Crippen molar-refractivity contribution in [2.24, 2.45) is 0 Å². The Hall–Kier alpha value is -0.153. The van der Waals surface area contributed by atoms with Crippen LogP contribution in [0.25, 0.3) is 0 Å². The van der Waals surface area contributed by atoms with Crippen LogP contribution in [0.1, 0.15) is 79.6 Å². The Morgan fingerprint density at radius 3 is 2.15 bits per heavy atom. The van der Waals surface area contributed by atoms with Crippen molar-refractivity contribution in [1.82, 2.24) is 0 Å². The third-order valence-corrected chi connectivity index (χ3v) is 9.03. The van der Waals surface area contributed by atoms with Crippen LogP contribution >= 0.6 is 0 Å². The lowest BCUT2D eigenvalue weighted by Gasteiger charge is -2.38. The molecule has 0 aromatic heterocycles. The fourth-order valence-electron chi connectivity index (χ4n) is 2.02. The first kappa shape index (κ1) is 19.8. The van der Waals surface area contributed by atoms with E-state index in [-0.39, 0.29) is 11.1 Å². The van der Waals surface area contributed by atoms with E-state index in [1.165, 1.54) is 12.8 Å². The highest BCUT2D eigenvalue weighted by Crippen LogP contribution is 2.37. The smallest absolute Gasteiger partial charge is 0.192 e. The zero-order chi connectivity index (χ0) is 15.8. The van der Waals surface area contributed by atoms with E-state index < -0.39 is 8.32 Å². The molecule has 0 aliphatic heterocycles. The molecule has 120 valence electrons. The molecule has 20 heavy (non-hydrogen) atoms. The molecule has 0 saturated heterocycles. The lowest BCUT2D eigenvalue weighted by molar-refractivity contribution is -0.119. The fraction of sp³-hybridized carbons (Fsp3) is 0.941. The zero-order valence-corrected chi connectivity index (χ0v) is 15.8. The summed E-state index contributed by atoms with van der Waals surface area (Å²) in [4.78, 5) is 11.7. The highest BCUT2D eigenvalue weighted by Gasteiger charge is 2.38. The SMILES string of the molecule is CCCCCC(=O)CCC[C@@H](C)O[Si](C)(C)C(C)(C)C. The van der Waals surface area contributed by atoms with Crippen molar-refractivity contribution >= 4 is 14.1 Å². The Morgan fingerprint density at radius 1 is 1.10 bits per heavy atom. The van der Waals surface area contributed by atoms with Gasteiger partial charge in [0, 0.05) is 18.9 Å². The highest BCUT2D eigenvalue weighted by molar-refractivity contribution is 6.74. The van der Waals surface area contributed by atoms with Gasteiger partial charge in [0.15, 0.2) is 8.32 Å². The molecule has 0 aromatic carbocycles. The van der Waals surface area contributed by atoms with Crippen LogP contribution in [0.15, 0.2) is 0 Å². The molecule has 0 aliphatic rings. The predicted octanol–water partition coefficient (Wildman–Crippen LogP) is 5.72. The standard InChI is InChI=1S/C17H36O2Si/c1-8-9-10-13-16(18)14-11-12-15(2)19-20(6,7)17(3,4)5/h15H,8-14H2,1-7H3/t15-/m1/s1. The van der Waals surface area contributed by atoms with E-state index in [1.807, 2.05) is 0 Å². The van der Waals surface area contributed by atoms with Gasteiger partial charge in [0.25, 0.3) is 0 Å². The summed E-state index contributed by atoms with van der Waals surface area (Å²) in [5.74, 6) is 0.429. The highest BCUT2D eigenvalue weighted by atomic mass is 28.4. The number of Topliss-reactive ketones (excluding diaryl/α,β-unsaturated/α-hetero) is 1. The minimum Gasteiger partial charge on any atom is -0.414 e. The van der Waals surface area contributed by atoms with Crippen molar-refractivity contribution in [2.45, 2.75) is 104 Å². The molecule has 1 atom stereocenters. The maximum Gasteiger partial charge on any atom is 0.192 e. The summed E-state index contributed by atoms with van der Waals surface area (Å²) in [7, 11) is -1.66. The second kappa shape index (κ2) is 8.99. The third kappa shape index (κ3) is 8.20. The quantitative estimate of drug-likeness (QED) is 0.381. The first-order chi connectivity index (χ1) is 9.10. The van der Waals surface area contributed by atoms with E-state index in [2.05, 4.69) is 47.7 Å². The second-order valence-corrected chi connectivity index (χ2v) is 12.3. The van der Waals surface area contributed by atoms with E-state index in [4.69, 9.17) is 4.43 Å². The molecule has 3 heteroatoms. The Kier molecular flexibility index (Phi) is 8.92. The molecule has 0 rings (SSSR count). The molecule has 0 unspecified atom stereocenters. The molecular weight excluding hydrogens is 264 g/mol. The predicted molar refractivity (Wildman–Crippen MR) is 90.7 cm³/mol. The monoisotopic (exact) mass is 300 g/mol. The molecule has 2 nitrogen and oxygen atoms in total. The lowest BCUT2D eigenvalue weighted by Crippen LogP contribution is -2.43. The van der Waals surface area contributed by atoms with E-state index in [0.717, 1.165) is 32.1 Å². The summed E-state index contributed by atoms with van der Waals surface area (Å²) >= 11 is 0. The number of carbonyl (C=O) groups is 1. The summed E-state index contributed by atoms with van der Waals surface area (Å²) in [6.07, 6.45) is 7.18. The van der Waals surface area contributed by atoms with Crippen LogP contribution in [0.3, 0.4) is 0 Å². The number of carbonyl (C=O) groups excluding carboxylic acids is 1. The maximum absolute atomic E-state index is 11.7. The molecule has 0 aromatic rings. The van der Waals surface area contributed by atoms with Crippen molar-refractivity contribution < 1.29 is 9.22 Å². The molecule has 0 fully saturated rings. The van der Waals surface area contributed by atoms with Gasteiger partial charge in [0.1, 0.15) is 5.78 Å². The number of hydrogen-bond acceptors (Lipinski definition) is 2. The Bertz CT molecular complexity index is 279. The fourth-order valence-corrected chi connectivity index (χ4v) is 3.50. The third-order valence-electron chi connectivity index (χ3n) is 4.43. The molecule has 0 radical (unpaired) electrons. The minimum absolute atomic E-state index is 0.261. The van der Waals surface area contributed by atoms with Crippen LogP contribution in [0.2, 0.25) is 18.1 Å². The number of ketones is 1. The van der Waals surface area contributed by atoms with Gasteiger partial charge in [-0.15, -0.1) is 0 Å². The van der Waals surface area contributed by atoms with Crippen LogP contribution in [0, 0.1) is 0 Å². The molecule has 0 aliphatic carbocycles. The van der Waals surface area contributed by atoms with Crippen LogP contribution in [0.4, 0.5) is 0 Å². The molecule has 0 saturated carbocycles. The zero-order valence-electron chi connectivity index (χ0n) is 14.8. The summed E-state index contributed by atoms with van der Waals surface area (Å²) in [6.45, 7) is 15.7. The van der Waals surface area contributed by atoms with Crippen molar-refractivity contribution in [3.63, 3.8) is 0 Å². The first-order valence-corrected chi connectivity index (χ1v) is 11.2. The number of hydrogen-bond donors (Lipinski definition) is 0. The van der Waals surface area contributed by atoms with Gasteiger partial charge in [-0.05, 0) is 44.3 Å². The largest absolute Gasteiger partial charge is 0.414 e. The van der Waals surface area contributed by atoms with Crippen LogP contribution in [-0.2, 0) is 9.22 Å². The van der Waals surface area contributed by atoms with E-state index in [0.29, 0.717) is 5.78 Å². The van der Waals surface area contributed by atoms with E-state index >= 15 is 0 Å². The summed E-state index contributed by atoms with van der Waals surface area (Å²) in [5, 5.41) is 0.261. The topological polar surface area (TPSA) is 26.3 Å². The van der Waals surface area contributed by atoms with Crippen LogP contribution in [0.5, 0.6) is 0 Å². The molecular formula is C17H36O2Si. The second-order valence-electron chi connectivity index (χ2n) is 7.58. The van der Waals surface area contributed by atoms with Gasteiger partial charge in [0.2, 0.25) is 0 Å². The molecule has 0 bridgehead atoms. The van der Waals surface area contributed by atoms with Crippen LogP contribution < -0.4 is 0 Å². The van der Waals surface area contributed by atoms with Gasteiger partial charge in [-0.25, -0.2) is 0 Å². The minimum atomic E-state index is -1.66. The number of rotatable bonds is 10. The Morgan fingerprint density at radius 2 is 1.65 bits per heavy atom. The van der Waals surface area contributed by atoms with Crippen LogP contribution in [-0.4, -0.2) is 20.2 Å². The van der Waals surface area contributed by atoms with Gasteiger partial charge in [-0.3, -0.25) is 4.79 Å². The molecule has 0 spiro atoms. The van der Waals surface area contributed by atoms with Crippen molar-refractivity contribution in [2.75, 3.05) is 0 Å². The number of unbranched alkanes of at least 4 members (excludes halogenated alkanes) is 2. The van der Waals surface area contributed by atoms with Gasteiger partial charge < -0.3 is 4.43 Å². The van der Waals surface area contributed by atoms with Crippen molar-refractivity contribution in [3.8, 4) is 0 Å². The van der Waals surface area contributed by atoms with Crippen molar-refractivity contribution in [3.05, 3.63) is 0 Å². The molecule has 0 N–H and O–H groups in total. The average Bonchev–Trinajstić information content (AvgIpc) is 2.27. The molecule has 0 amide bonds. The lowest BCUT2D eigenvalue weighted by atomic mass is 10.1. The maximum atomic E-state index is 11.7. The summed E-state index contributed by atoms with van der Waals surface area (Å²) < 4.78 is 6.31. The van der Waals surface area contributed by atoms with Crippen molar-refractivity contribution in [1.29, 1.82) is 0 Å². The Labute approximate surface area is 127 Å². The van der Waals surface area contributed by atoms with Gasteiger partial charge in [-0.2, -0.15) is 0 Å². The molecule has 0 heterocycles. The van der Waals surface area contributed by atoms with Gasteiger partial charge >= 0.3 is 0 Å². The normalized spacial score (nSPS) is 14.3. The first-order valence-electron chi connectivity index (χ1n) is 8.29. The van der Waals surface area contributed by atoms with E-state index in [9.17, 15) is 4.79 Å². The average molecular weight is 301 g/mol. The van der Waals surface area contributed by atoms with E-state index in [1.54, 1.807) is 0 Å². The Balaban J connectivity index is 3.89. The van der Waals surface area contributed by atoms with Gasteiger partial charge in [-0.1, -0.05) is 40.5 Å².